The van der Waals surface area contributed by atoms with Crippen molar-refractivity contribution in [3.8, 4) is 0 Å². The lowest BCUT2D eigenvalue weighted by atomic mass is 9.96. The van der Waals surface area contributed by atoms with E-state index < -0.39 is 6.10 Å². The number of benzene rings is 1. The molecule has 2 rings (SSSR count). The molecule has 1 aromatic heterocycles. The third-order valence-electron chi connectivity index (χ3n) is 3.55. The molecule has 1 atom stereocenters. The second kappa shape index (κ2) is 8.06. The zero-order valence-electron chi connectivity index (χ0n) is 14.5. The van der Waals surface area contributed by atoms with Crippen LogP contribution in [0.3, 0.4) is 0 Å². The number of rotatable bonds is 7. The van der Waals surface area contributed by atoms with Crippen LogP contribution in [0.4, 0.5) is 0 Å². The number of hydrogen-bond acceptors (Lipinski definition) is 5. The molecule has 0 aliphatic rings. The molecule has 24 heavy (non-hydrogen) atoms. The molecule has 0 aliphatic heterocycles. The van der Waals surface area contributed by atoms with Crippen LogP contribution in [-0.4, -0.2) is 33.8 Å². The molecular weight excluding hydrogens is 306 g/mol. The van der Waals surface area contributed by atoms with E-state index in [1.54, 1.807) is 0 Å². The average molecular weight is 331 g/mol. The van der Waals surface area contributed by atoms with E-state index >= 15 is 0 Å². The van der Waals surface area contributed by atoms with E-state index in [2.05, 4.69) is 15.5 Å². The van der Waals surface area contributed by atoms with Gasteiger partial charge in [-0.2, -0.15) is 4.98 Å². The minimum absolute atomic E-state index is 0.141. The van der Waals surface area contributed by atoms with E-state index in [4.69, 9.17) is 4.52 Å². The second-order valence-electron chi connectivity index (χ2n) is 6.91. The van der Waals surface area contributed by atoms with Gasteiger partial charge < -0.3 is 14.9 Å². The fourth-order valence-corrected chi connectivity index (χ4v) is 2.16. The van der Waals surface area contributed by atoms with Gasteiger partial charge in [0.25, 0.3) is 0 Å². The van der Waals surface area contributed by atoms with Crippen molar-refractivity contribution < 1.29 is 14.4 Å². The van der Waals surface area contributed by atoms with E-state index in [0.717, 1.165) is 5.56 Å². The molecule has 2 N–H and O–H groups in total. The summed E-state index contributed by atoms with van der Waals surface area (Å²) in [5, 5.41) is 16.6. The molecule has 6 heteroatoms. The molecule has 1 unspecified atom stereocenters. The molecule has 0 radical (unpaired) electrons. The Morgan fingerprint density at radius 2 is 2.00 bits per heavy atom. The molecule has 0 fully saturated rings. The minimum Gasteiger partial charge on any atom is -0.391 e. The zero-order valence-corrected chi connectivity index (χ0v) is 14.5. The lowest BCUT2D eigenvalue weighted by Gasteiger charge is -2.12. The summed E-state index contributed by atoms with van der Waals surface area (Å²) in [6, 6.07) is 9.69. The van der Waals surface area contributed by atoms with Gasteiger partial charge in [0.05, 0.1) is 6.10 Å². The molecule has 1 heterocycles. The topological polar surface area (TPSA) is 88.2 Å². The lowest BCUT2D eigenvalue weighted by Crippen LogP contribution is -2.33. The zero-order chi connectivity index (χ0) is 17.6. The molecule has 0 saturated carbocycles. The van der Waals surface area contributed by atoms with Crippen molar-refractivity contribution in [1.29, 1.82) is 0 Å². The molecule has 0 spiro atoms. The Labute approximate surface area is 142 Å². The molecule has 1 aromatic carbocycles. The summed E-state index contributed by atoms with van der Waals surface area (Å²) in [7, 11) is 0. The Balaban J connectivity index is 1.70. The van der Waals surface area contributed by atoms with Crippen LogP contribution in [0.2, 0.25) is 0 Å². The van der Waals surface area contributed by atoms with Gasteiger partial charge >= 0.3 is 0 Å². The Kier molecular flexibility index (Phi) is 6.09. The molecule has 1 amide bonds. The van der Waals surface area contributed by atoms with Crippen molar-refractivity contribution in [3.63, 3.8) is 0 Å². The summed E-state index contributed by atoms with van der Waals surface area (Å²) in [6.45, 7) is 6.23. The number of aliphatic hydroxyl groups is 1. The van der Waals surface area contributed by atoms with Gasteiger partial charge in [0.1, 0.15) is 0 Å². The van der Waals surface area contributed by atoms with Crippen LogP contribution in [0.15, 0.2) is 34.9 Å². The smallest absolute Gasteiger partial charge is 0.227 e. The van der Waals surface area contributed by atoms with Crippen molar-refractivity contribution in [1.82, 2.24) is 15.5 Å². The highest BCUT2D eigenvalue weighted by Gasteiger charge is 2.21. The SMILES string of the molecule is CC(C)(C)c1noc(CCC(=O)NCC(O)Cc2ccccc2)n1. The lowest BCUT2D eigenvalue weighted by molar-refractivity contribution is -0.121. The first-order chi connectivity index (χ1) is 11.3. The van der Waals surface area contributed by atoms with Gasteiger partial charge in [-0.05, 0) is 5.56 Å². The molecule has 0 aliphatic carbocycles. The standard InChI is InChI=1S/C18H25N3O3/c1-18(2,3)17-20-16(24-21-17)10-9-15(23)19-12-14(22)11-13-7-5-4-6-8-13/h4-8,14,22H,9-12H2,1-3H3,(H,19,23). The first kappa shape index (κ1) is 18.1. The summed E-state index contributed by atoms with van der Waals surface area (Å²) in [5.41, 5.74) is 0.866. The summed E-state index contributed by atoms with van der Waals surface area (Å²) in [6.07, 6.45) is 0.556. The van der Waals surface area contributed by atoms with E-state index in [1.165, 1.54) is 0 Å². The van der Waals surface area contributed by atoms with Crippen LogP contribution in [0, 0.1) is 0 Å². The largest absolute Gasteiger partial charge is 0.391 e. The third-order valence-corrected chi connectivity index (χ3v) is 3.55. The Hall–Kier alpha value is -2.21. The van der Waals surface area contributed by atoms with Crippen molar-refractivity contribution in [2.45, 2.75) is 51.6 Å². The number of aryl methyl sites for hydroxylation is 1. The molecule has 0 bridgehead atoms. The first-order valence-electron chi connectivity index (χ1n) is 8.16. The Morgan fingerprint density at radius 3 is 2.62 bits per heavy atom. The maximum Gasteiger partial charge on any atom is 0.227 e. The summed E-state index contributed by atoms with van der Waals surface area (Å²) in [4.78, 5) is 16.2. The Morgan fingerprint density at radius 1 is 1.29 bits per heavy atom. The van der Waals surface area contributed by atoms with E-state index in [-0.39, 0.29) is 24.3 Å². The number of aromatic nitrogens is 2. The van der Waals surface area contributed by atoms with Gasteiger partial charge in [0.2, 0.25) is 11.8 Å². The van der Waals surface area contributed by atoms with E-state index in [1.807, 2.05) is 51.1 Å². The number of carbonyl (C=O) groups is 1. The van der Waals surface area contributed by atoms with Crippen LogP contribution >= 0.6 is 0 Å². The first-order valence-corrected chi connectivity index (χ1v) is 8.16. The van der Waals surface area contributed by atoms with Gasteiger partial charge in [-0.1, -0.05) is 56.3 Å². The maximum absolute atomic E-state index is 11.9. The molecule has 2 aromatic rings. The average Bonchev–Trinajstić information content (AvgIpc) is 3.01. The highest BCUT2D eigenvalue weighted by atomic mass is 16.5. The predicted octanol–water partition coefficient (Wildman–Crippen LogP) is 2.02. The van der Waals surface area contributed by atoms with Crippen LogP contribution < -0.4 is 5.32 Å². The van der Waals surface area contributed by atoms with E-state index in [9.17, 15) is 9.90 Å². The van der Waals surface area contributed by atoms with Crippen molar-refractivity contribution in [2.75, 3.05) is 6.54 Å². The number of hydrogen-bond donors (Lipinski definition) is 2. The summed E-state index contributed by atoms with van der Waals surface area (Å²) >= 11 is 0. The van der Waals surface area contributed by atoms with Gasteiger partial charge in [-0.3, -0.25) is 4.79 Å². The fourth-order valence-electron chi connectivity index (χ4n) is 2.16. The van der Waals surface area contributed by atoms with Crippen LogP contribution in [-0.2, 0) is 23.1 Å². The molecule has 6 nitrogen and oxygen atoms in total. The van der Waals surface area contributed by atoms with Gasteiger partial charge in [-0.15, -0.1) is 0 Å². The number of aliphatic hydroxyl groups excluding tert-OH is 1. The summed E-state index contributed by atoms with van der Waals surface area (Å²) < 4.78 is 5.16. The van der Waals surface area contributed by atoms with Crippen molar-refractivity contribution in [3.05, 3.63) is 47.6 Å². The predicted molar refractivity (Wildman–Crippen MR) is 90.5 cm³/mol. The van der Waals surface area contributed by atoms with Crippen LogP contribution in [0.5, 0.6) is 0 Å². The molecular formula is C18H25N3O3. The number of carbonyl (C=O) groups excluding carboxylic acids is 1. The van der Waals surface area contributed by atoms with Crippen LogP contribution in [0.25, 0.3) is 0 Å². The van der Waals surface area contributed by atoms with Crippen molar-refractivity contribution in [2.24, 2.45) is 0 Å². The Bertz CT molecular complexity index is 647. The van der Waals surface area contributed by atoms with Gasteiger partial charge in [-0.25, -0.2) is 0 Å². The fraction of sp³-hybridized carbons (Fsp3) is 0.500. The highest BCUT2D eigenvalue weighted by molar-refractivity contribution is 5.76. The maximum atomic E-state index is 11.9. The van der Waals surface area contributed by atoms with Gasteiger partial charge in [0, 0.05) is 31.2 Å². The number of nitrogens with zero attached hydrogens (tertiary/aromatic N) is 2. The summed E-state index contributed by atoms with van der Waals surface area (Å²) in [5.74, 6) is 0.953. The number of amides is 1. The number of nitrogens with one attached hydrogen (secondary N) is 1. The minimum atomic E-state index is -0.604. The highest BCUT2D eigenvalue weighted by Crippen LogP contribution is 2.18. The monoisotopic (exact) mass is 331 g/mol. The van der Waals surface area contributed by atoms with Crippen molar-refractivity contribution >= 4 is 5.91 Å². The molecule has 0 saturated heterocycles. The second-order valence-corrected chi connectivity index (χ2v) is 6.91. The van der Waals surface area contributed by atoms with Crippen LogP contribution in [0.1, 0.15) is 44.5 Å². The van der Waals surface area contributed by atoms with Gasteiger partial charge in [0.15, 0.2) is 5.82 Å². The normalized spacial score (nSPS) is 12.8. The third kappa shape index (κ3) is 5.77. The van der Waals surface area contributed by atoms with E-state index in [0.29, 0.717) is 24.6 Å². The quantitative estimate of drug-likeness (QED) is 0.810. The molecule has 130 valence electrons.